The number of anilines is 1. The summed E-state index contributed by atoms with van der Waals surface area (Å²) in [5, 5.41) is 2.85. The average Bonchev–Trinajstić information content (AvgIpc) is 3.04. The monoisotopic (exact) mass is 358 g/mol. The van der Waals surface area contributed by atoms with Gasteiger partial charge in [0.05, 0.1) is 4.90 Å². The highest BCUT2D eigenvalue weighted by Crippen LogP contribution is 2.25. The van der Waals surface area contributed by atoms with Crippen LogP contribution >= 0.6 is 0 Å². The Hall–Kier alpha value is -2.18. The van der Waals surface area contributed by atoms with E-state index in [0.29, 0.717) is 11.3 Å². The third kappa shape index (κ3) is 3.45. The van der Waals surface area contributed by atoms with Gasteiger partial charge in [0.25, 0.3) is 5.91 Å². The topological polar surface area (TPSA) is 66.5 Å². The predicted molar refractivity (Wildman–Crippen MR) is 98.5 cm³/mol. The van der Waals surface area contributed by atoms with Gasteiger partial charge in [-0.15, -0.1) is 0 Å². The van der Waals surface area contributed by atoms with Crippen LogP contribution in [0.5, 0.6) is 0 Å². The number of hydrogen-bond donors (Lipinski definition) is 1. The van der Waals surface area contributed by atoms with Crippen LogP contribution in [0, 0.1) is 6.92 Å². The molecule has 132 valence electrons. The second-order valence-corrected chi connectivity index (χ2v) is 8.71. The van der Waals surface area contributed by atoms with Crippen LogP contribution in [0.25, 0.3) is 0 Å². The van der Waals surface area contributed by atoms with Gasteiger partial charge < -0.3 is 5.32 Å². The molecule has 0 atom stereocenters. The van der Waals surface area contributed by atoms with E-state index in [4.69, 9.17) is 0 Å². The maximum absolute atomic E-state index is 12.6. The molecule has 1 N–H and O–H groups in total. The van der Waals surface area contributed by atoms with Gasteiger partial charge >= 0.3 is 0 Å². The van der Waals surface area contributed by atoms with Crippen molar-refractivity contribution in [3.8, 4) is 0 Å². The van der Waals surface area contributed by atoms with Crippen molar-refractivity contribution in [2.75, 3.05) is 19.4 Å². The summed E-state index contributed by atoms with van der Waals surface area (Å²) in [5.74, 6) is -0.225. The van der Waals surface area contributed by atoms with Crippen LogP contribution in [0.2, 0.25) is 0 Å². The molecule has 3 rings (SSSR count). The molecule has 0 aromatic heterocycles. The van der Waals surface area contributed by atoms with E-state index >= 15 is 0 Å². The summed E-state index contributed by atoms with van der Waals surface area (Å²) >= 11 is 0. The summed E-state index contributed by atoms with van der Waals surface area (Å²) in [5.41, 5.74) is 4.46. The molecule has 0 radical (unpaired) electrons. The van der Waals surface area contributed by atoms with Gasteiger partial charge in [-0.25, -0.2) is 12.7 Å². The van der Waals surface area contributed by atoms with Gasteiger partial charge in [-0.2, -0.15) is 0 Å². The molecule has 1 aliphatic carbocycles. The molecule has 6 heteroatoms. The van der Waals surface area contributed by atoms with Crippen LogP contribution in [-0.2, 0) is 22.9 Å². The van der Waals surface area contributed by atoms with Crippen molar-refractivity contribution in [1.29, 1.82) is 0 Å². The number of aryl methyl sites for hydroxylation is 3. The Balaban J connectivity index is 1.89. The minimum absolute atomic E-state index is 0.160. The van der Waals surface area contributed by atoms with Gasteiger partial charge in [-0.3, -0.25) is 4.79 Å². The Kier molecular flexibility index (Phi) is 4.67. The Morgan fingerprint density at radius 1 is 1.04 bits per heavy atom. The van der Waals surface area contributed by atoms with Crippen molar-refractivity contribution >= 4 is 21.6 Å². The van der Waals surface area contributed by atoms with Crippen LogP contribution in [0.15, 0.2) is 41.3 Å². The lowest BCUT2D eigenvalue weighted by Gasteiger charge is -2.14. The second kappa shape index (κ2) is 6.61. The van der Waals surface area contributed by atoms with E-state index in [1.807, 2.05) is 25.1 Å². The normalized spacial score (nSPS) is 13.8. The number of nitrogens with zero attached hydrogens (tertiary/aromatic N) is 1. The molecule has 0 unspecified atom stereocenters. The highest BCUT2D eigenvalue weighted by Gasteiger charge is 2.19. The first-order chi connectivity index (χ1) is 11.8. The third-order valence-corrected chi connectivity index (χ3v) is 6.41. The lowest BCUT2D eigenvalue weighted by atomic mass is 10.1. The van der Waals surface area contributed by atoms with Crippen LogP contribution in [-0.4, -0.2) is 32.7 Å². The molecular formula is C19H22N2O3S. The third-order valence-electron chi connectivity index (χ3n) is 4.60. The standard InChI is InChI=1S/C19H22N2O3S/c1-13-7-10-17(25(23,24)21(2)3)12-18(13)20-19(22)16-9-8-14-5-4-6-15(14)11-16/h7-12H,4-6H2,1-3H3,(H,20,22). The zero-order valence-corrected chi connectivity index (χ0v) is 15.5. The van der Waals surface area contributed by atoms with E-state index in [9.17, 15) is 13.2 Å². The smallest absolute Gasteiger partial charge is 0.255 e. The number of hydrogen-bond acceptors (Lipinski definition) is 3. The summed E-state index contributed by atoms with van der Waals surface area (Å²) in [4.78, 5) is 12.7. The van der Waals surface area contributed by atoms with Gasteiger partial charge in [-0.05, 0) is 67.1 Å². The fraction of sp³-hybridized carbons (Fsp3) is 0.316. The van der Waals surface area contributed by atoms with Crippen LogP contribution in [0.4, 0.5) is 5.69 Å². The molecule has 0 aliphatic heterocycles. The average molecular weight is 358 g/mol. The highest BCUT2D eigenvalue weighted by atomic mass is 32.2. The first kappa shape index (κ1) is 17.6. The van der Waals surface area contributed by atoms with E-state index < -0.39 is 10.0 Å². The van der Waals surface area contributed by atoms with Gasteiger partial charge in [0.15, 0.2) is 0 Å². The number of nitrogens with one attached hydrogen (secondary N) is 1. The number of amides is 1. The number of sulfonamides is 1. The summed E-state index contributed by atoms with van der Waals surface area (Å²) in [6, 6.07) is 10.5. The summed E-state index contributed by atoms with van der Waals surface area (Å²) in [6.07, 6.45) is 3.21. The lowest BCUT2D eigenvalue weighted by Crippen LogP contribution is -2.22. The number of benzene rings is 2. The maximum atomic E-state index is 12.6. The molecule has 1 amide bonds. The zero-order chi connectivity index (χ0) is 18.2. The van der Waals surface area contributed by atoms with E-state index in [-0.39, 0.29) is 10.8 Å². The molecule has 0 saturated carbocycles. The molecule has 0 heterocycles. The minimum Gasteiger partial charge on any atom is -0.322 e. The van der Waals surface area contributed by atoms with Crippen molar-refractivity contribution in [2.24, 2.45) is 0 Å². The van der Waals surface area contributed by atoms with Crippen LogP contribution in [0.1, 0.15) is 33.5 Å². The van der Waals surface area contributed by atoms with Crippen molar-refractivity contribution in [2.45, 2.75) is 31.1 Å². The zero-order valence-electron chi connectivity index (χ0n) is 14.7. The highest BCUT2D eigenvalue weighted by molar-refractivity contribution is 7.89. The predicted octanol–water partition coefficient (Wildman–Crippen LogP) is 2.99. The van der Waals surface area contributed by atoms with Gasteiger partial charge in [0, 0.05) is 25.3 Å². The summed E-state index contributed by atoms with van der Waals surface area (Å²) < 4.78 is 25.7. The molecule has 2 aromatic rings. The summed E-state index contributed by atoms with van der Waals surface area (Å²) in [6.45, 7) is 1.84. The van der Waals surface area contributed by atoms with Crippen molar-refractivity contribution < 1.29 is 13.2 Å². The number of rotatable bonds is 4. The van der Waals surface area contributed by atoms with Crippen LogP contribution < -0.4 is 5.32 Å². The van der Waals surface area contributed by atoms with E-state index in [1.54, 1.807) is 12.1 Å². The molecule has 25 heavy (non-hydrogen) atoms. The maximum Gasteiger partial charge on any atom is 0.255 e. The molecular weight excluding hydrogens is 336 g/mol. The Morgan fingerprint density at radius 2 is 1.76 bits per heavy atom. The van der Waals surface area contributed by atoms with E-state index in [2.05, 4.69) is 5.32 Å². The molecule has 1 aliphatic rings. The van der Waals surface area contributed by atoms with E-state index in [0.717, 1.165) is 29.1 Å². The molecule has 5 nitrogen and oxygen atoms in total. The fourth-order valence-electron chi connectivity index (χ4n) is 3.01. The number of carbonyl (C=O) groups is 1. The molecule has 0 saturated heterocycles. The SMILES string of the molecule is Cc1ccc(S(=O)(=O)N(C)C)cc1NC(=O)c1ccc2c(c1)CCC2. The van der Waals surface area contributed by atoms with Crippen molar-refractivity contribution in [3.63, 3.8) is 0 Å². The van der Waals surface area contributed by atoms with Gasteiger partial charge in [0.1, 0.15) is 0 Å². The molecule has 0 bridgehead atoms. The van der Waals surface area contributed by atoms with Crippen LogP contribution in [0.3, 0.4) is 0 Å². The van der Waals surface area contributed by atoms with E-state index in [1.165, 1.54) is 31.3 Å². The number of fused-ring (bicyclic) bond motifs is 1. The quantitative estimate of drug-likeness (QED) is 0.914. The molecule has 2 aromatic carbocycles. The Morgan fingerprint density at radius 3 is 2.48 bits per heavy atom. The largest absolute Gasteiger partial charge is 0.322 e. The van der Waals surface area contributed by atoms with Gasteiger partial charge in [-0.1, -0.05) is 12.1 Å². The van der Waals surface area contributed by atoms with Crippen molar-refractivity contribution in [3.05, 3.63) is 58.7 Å². The Labute approximate surface area is 148 Å². The number of carbonyl (C=O) groups excluding carboxylic acids is 1. The molecule has 0 fully saturated rings. The second-order valence-electron chi connectivity index (χ2n) is 6.56. The molecule has 0 spiro atoms. The minimum atomic E-state index is -3.54. The van der Waals surface area contributed by atoms with Crippen molar-refractivity contribution in [1.82, 2.24) is 4.31 Å². The summed E-state index contributed by atoms with van der Waals surface area (Å²) in [7, 11) is -0.574. The first-order valence-corrected chi connectivity index (χ1v) is 9.69. The fourth-order valence-corrected chi connectivity index (χ4v) is 3.94. The van der Waals surface area contributed by atoms with Gasteiger partial charge in [0.2, 0.25) is 10.0 Å². The first-order valence-electron chi connectivity index (χ1n) is 8.25. The lowest BCUT2D eigenvalue weighted by molar-refractivity contribution is 0.102. The Bertz CT molecular complexity index is 934.